The highest BCUT2D eigenvalue weighted by molar-refractivity contribution is 9.10. The van der Waals surface area contributed by atoms with E-state index >= 15 is 0 Å². The molecule has 0 bridgehead atoms. The summed E-state index contributed by atoms with van der Waals surface area (Å²) in [5.41, 5.74) is -2.27. The molecule has 3 heterocycles. The van der Waals surface area contributed by atoms with Crippen LogP contribution in [0, 0.1) is 5.82 Å². The van der Waals surface area contributed by atoms with E-state index < -0.39 is 29.2 Å². The predicted octanol–water partition coefficient (Wildman–Crippen LogP) is 4.15. The minimum absolute atomic E-state index is 0.221. The standard InChI is InChI=1S/C20H16BrF4N5O/c21-13-5-6-17(26-11-13)28-7-9-29(10-8-28)19(31)14-12-27-30(18(14)20(23,24)25)16-4-2-1-3-15(16)22/h1-6,11-12H,7-10H2. The molecule has 1 fully saturated rings. The Labute approximate surface area is 183 Å². The van der Waals surface area contributed by atoms with Gasteiger partial charge in [-0.25, -0.2) is 14.1 Å². The highest BCUT2D eigenvalue weighted by atomic mass is 79.9. The molecule has 0 saturated carbocycles. The lowest BCUT2D eigenvalue weighted by molar-refractivity contribution is -0.143. The van der Waals surface area contributed by atoms with Gasteiger partial charge >= 0.3 is 6.18 Å². The van der Waals surface area contributed by atoms with Crippen molar-refractivity contribution in [2.45, 2.75) is 6.18 Å². The molecule has 1 aliphatic rings. The molecule has 0 radical (unpaired) electrons. The summed E-state index contributed by atoms with van der Waals surface area (Å²) in [4.78, 5) is 20.5. The Hall–Kier alpha value is -2.95. The first kappa shape index (κ1) is 21.3. The maximum absolute atomic E-state index is 14.1. The van der Waals surface area contributed by atoms with Crippen LogP contribution in [0.2, 0.25) is 0 Å². The summed E-state index contributed by atoms with van der Waals surface area (Å²) in [6.07, 6.45) is -2.40. The van der Waals surface area contributed by atoms with Crippen molar-refractivity contribution in [3.8, 4) is 5.69 Å². The normalized spacial score (nSPS) is 14.7. The third kappa shape index (κ3) is 4.27. The molecule has 0 N–H and O–H groups in total. The molecule has 3 aromatic rings. The number of piperazine rings is 1. The Morgan fingerprint density at radius 3 is 2.32 bits per heavy atom. The van der Waals surface area contributed by atoms with Gasteiger partial charge in [-0.3, -0.25) is 4.79 Å². The first-order valence-electron chi connectivity index (χ1n) is 9.31. The average molecular weight is 498 g/mol. The van der Waals surface area contributed by atoms with Crippen LogP contribution >= 0.6 is 15.9 Å². The number of amides is 1. The summed E-state index contributed by atoms with van der Waals surface area (Å²) >= 11 is 3.31. The van der Waals surface area contributed by atoms with Crippen LogP contribution in [0.15, 0.2) is 53.3 Å². The van der Waals surface area contributed by atoms with E-state index in [1.807, 2.05) is 17.0 Å². The zero-order valence-corrected chi connectivity index (χ0v) is 17.6. The molecule has 1 saturated heterocycles. The summed E-state index contributed by atoms with van der Waals surface area (Å²) in [5.74, 6) is -0.942. The fourth-order valence-electron chi connectivity index (χ4n) is 3.45. The number of hydrogen-bond donors (Lipinski definition) is 0. The molecule has 31 heavy (non-hydrogen) atoms. The van der Waals surface area contributed by atoms with Crippen LogP contribution in [0.1, 0.15) is 16.1 Å². The van der Waals surface area contributed by atoms with Crippen molar-refractivity contribution in [1.29, 1.82) is 0 Å². The number of carbonyl (C=O) groups is 1. The molecule has 0 spiro atoms. The zero-order valence-electron chi connectivity index (χ0n) is 16.0. The number of benzene rings is 1. The van der Waals surface area contributed by atoms with E-state index in [2.05, 4.69) is 26.0 Å². The zero-order chi connectivity index (χ0) is 22.2. The lowest BCUT2D eigenvalue weighted by Crippen LogP contribution is -2.49. The first-order valence-corrected chi connectivity index (χ1v) is 10.1. The summed E-state index contributed by atoms with van der Waals surface area (Å²) in [6.45, 7) is 1.28. The molecule has 1 aliphatic heterocycles. The van der Waals surface area contributed by atoms with Crippen LogP contribution in [0.4, 0.5) is 23.4 Å². The maximum atomic E-state index is 14.1. The fraction of sp³-hybridized carbons (Fsp3) is 0.250. The van der Waals surface area contributed by atoms with E-state index in [1.165, 1.54) is 23.1 Å². The number of hydrogen-bond acceptors (Lipinski definition) is 4. The van der Waals surface area contributed by atoms with Crippen LogP contribution < -0.4 is 4.90 Å². The van der Waals surface area contributed by atoms with Gasteiger partial charge < -0.3 is 9.80 Å². The highest BCUT2D eigenvalue weighted by Crippen LogP contribution is 2.35. The van der Waals surface area contributed by atoms with Crippen LogP contribution in [0.25, 0.3) is 5.69 Å². The molecule has 1 aromatic carbocycles. The number of aromatic nitrogens is 3. The van der Waals surface area contributed by atoms with Crippen LogP contribution in [-0.4, -0.2) is 51.8 Å². The Morgan fingerprint density at radius 1 is 1.00 bits per heavy atom. The Bertz CT molecular complexity index is 1090. The van der Waals surface area contributed by atoms with Crippen molar-refractivity contribution in [3.63, 3.8) is 0 Å². The first-order chi connectivity index (χ1) is 14.8. The Balaban J connectivity index is 1.58. The summed E-state index contributed by atoms with van der Waals surface area (Å²) < 4.78 is 56.9. The lowest BCUT2D eigenvalue weighted by atomic mass is 10.1. The largest absolute Gasteiger partial charge is 0.434 e. The number of para-hydroxylation sites is 1. The molecule has 6 nitrogen and oxygen atoms in total. The molecule has 0 aliphatic carbocycles. The van der Waals surface area contributed by atoms with E-state index in [9.17, 15) is 22.4 Å². The SMILES string of the molecule is O=C(c1cnn(-c2ccccc2F)c1C(F)(F)F)N1CCN(c2ccc(Br)cn2)CC1. The smallest absolute Gasteiger partial charge is 0.353 e. The Kier molecular flexibility index (Phi) is 5.69. The second-order valence-corrected chi connectivity index (χ2v) is 7.80. The van der Waals surface area contributed by atoms with Gasteiger partial charge in [-0.1, -0.05) is 12.1 Å². The van der Waals surface area contributed by atoms with Crippen molar-refractivity contribution in [2.24, 2.45) is 0 Å². The van der Waals surface area contributed by atoms with Gasteiger partial charge in [-0.05, 0) is 40.2 Å². The van der Waals surface area contributed by atoms with Crippen molar-refractivity contribution in [1.82, 2.24) is 19.7 Å². The Morgan fingerprint density at radius 2 is 1.71 bits per heavy atom. The molecule has 4 rings (SSSR count). The van der Waals surface area contributed by atoms with E-state index in [1.54, 1.807) is 6.20 Å². The minimum Gasteiger partial charge on any atom is -0.353 e. The second kappa shape index (κ2) is 8.29. The number of carbonyl (C=O) groups excluding carboxylic acids is 1. The van der Waals surface area contributed by atoms with E-state index in [0.717, 1.165) is 22.6 Å². The summed E-state index contributed by atoms with van der Waals surface area (Å²) in [5, 5.41) is 3.68. The van der Waals surface area contributed by atoms with Gasteiger partial charge in [-0.2, -0.15) is 18.3 Å². The van der Waals surface area contributed by atoms with E-state index in [0.29, 0.717) is 17.8 Å². The molecule has 0 atom stereocenters. The van der Waals surface area contributed by atoms with Gasteiger partial charge in [-0.15, -0.1) is 0 Å². The monoisotopic (exact) mass is 497 g/mol. The quantitative estimate of drug-likeness (QED) is 0.510. The molecule has 2 aromatic heterocycles. The van der Waals surface area contributed by atoms with Crippen LogP contribution in [-0.2, 0) is 6.18 Å². The lowest BCUT2D eigenvalue weighted by Gasteiger charge is -2.35. The van der Waals surface area contributed by atoms with E-state index in [-0.39, 0.29) is 18.8 Å². The average Bonchev–Trinajstić information content (AvgIpc) is 3.20. The third-order valence-corrected chi connectivity index (χ3v) is 5.42. The fourth-order valence-corrected chi connectivity index (χ4v) is 3.68. The molecule has 11 heteroatoms. The van der Waals surface area contributed by atoms with Gasteiger partial charge in [0.1, 0.15) is 17.3 Å². The van der Waals surface area contributed by atoms with Crippen molar-refractivity contribution < 1.29 is 22.4 Å². The topological polar surface area (TPSA) is 54.3 Å². The second-order valence-electron chi connectivity index (χ2n) is 6.88. The van der Waals surface area contributed by atoms with Crippen molar-refractivity contribution in [3.05, 3.63) is 70.3 Å². The minimum atomic E-state index is -4.90. The maximum Gasteiger partial charge on any atom is 0.434 e. The predicted molar refractivity (Wildman–Crippen MR) is 109 cm³/mol. The van der Waals surface area contributed by atoms with Gasteiger partial charge in [0.25, 0.3) is 5.91 Å². The number of pyridine rings is 1. The number of alkyl halides is 3. The van der Waals surface area contributed by atoms with Crippen LogP contribution in [0.5, 0.6) is 0 Å². The molecular formula is C20H16BrF4N5O. The molecule has 1 amide bonds. The summed E-state index contributed by atoms with van der Waals surface area (Å²) in [7, 11) is 0. The van der Waals surface area contributed by atoms with Gasteiger partial charge in [0.15, 0.2) is 5.69 Å². The van der Waals surface area contributed by atoms with E-state index in [4.69, 9.17) is 0 Å². The molecule has 162 valence electrons. The van der Waals surface area contributed by atoms with Gasteiger partial charge in [0.2, 0.25) is 0 Å². The van der Waals surface area contributed by atoms with Crippen molar-refractivity contribution >= 4 is 27.7 Å². The number of rotatable bonds is 3. The number of nitrogens with zero attached hydrogens (tertiary/aromatic N) is 5. The molecular weight excluding hydrogens is 482 g/mol. The van der Waals surface area contributed by atoms with Gasteiger partial charge in [0, 0.05) is 36.8 Å². The van der Waals surface area contributed by atoms with Crippen LogP contribution in [0.3, 0.4) is 0 Å². The third-order valence-electron chi connectivity index (χ3n) is 4.95. The van der Waals surface area contributed by atoms with Gasteiger partial charge in [0.05, 0.1) is 11.8 Å². The number of anilines is 1. The molecule has 0 unspecified atom stereocenters. The summed E-state index contributed by atoms with van der Waals surface area (Å²) in [6, 6.07) is 8.64. The highest BCUT2D eigenvalue weighted by Gasteiger charge is 2.42. The number of halogens is 5. The van der Waals surface area contributed by atoms with Crippen molar-refractivity contribution in [2.75, 3.05) is 31.1 Å².